The molecule has 4 saturated carbocycles. The molecule has 5 aliphatic rings. The Balaban J connectivity index is 1.57. The van der Waals surface area contributed by atoms with E-state index in [9.17, 15) is 5.21 Å². The zero-order chi connectivity index (χ0) is 10.4. The minimum absolute atomic E-state index is 0.152. The van der Waals surface area contributed by atoms with Gasteiger partial charge in [-0.1, -0.05) is 0 Å². The van der Waals surface area contributed by atoms with Crippen molar-refractivity contribution in [1.29, 1.82) is 0 Å². The summed E-state index contributed by atoms with van der Waals surface area (Å²) in [4.78, 5) is 5.32. The first kappa shape index (κ1) is 8.90. The monoisotopic (exact) mass is 221 g/mol. The Morgan fingerprint density at radius 3 is 2.50 bits per heavy atom. The van der Waals surface area contributed by atoms with Gasteiger partial charge in [-0.15, -0.1) is 0 Å². The Morgan fingerprint density at radius 1 is 0.938 bits per heavy atom. The average molecular weight is 221 g/mol. The second kappa shape index (κ2) is 2.65. The SMILES string of the molecule is [O-][NH+]1OCC2[C@@H]3CC(C4C5CCC(C5)C43)[C@H]21. The van der Waals surface area contributed by atoms with E-state index >= 15 is 0 Å². The Labute approximate surface area is 95.7 Å². The summed E-state index contributed by atoms with van der Waals surface area (Å²) in [6, 6.07) is 0.325. The molecular weight excluding hydrogens is 202 g/mol. The van der Waals surface area contributed by atoms with Crippen LogP contribution in [-0.2, 0) is 4.84 Å². The summed E-state index contributed by atoms with van der Waals surface area (Å²) in [5, 5.41) is 12.0. The van der Waals surface area contributed by atoms with Gasteiger partial charge in [-0.05, 0) is 55.3 Å². The van der Waals surface area contributed by atoms with Gasteiger partial charge in [-0.25, -0.2) is 10.1 Å². The molecule has 88 valence electrons. The number of hydrogen-bond acceptors (Lipinski definition) is 2. The first-order chi connectivity index (χ1) is 7.84. The molecule has 0 aromatic heterocycles. The predicted octanol–water partition coefficient (Wildman–Crippen LogP) is 0.611. The van der Waals surface area contributed by atoms with Crippen LogP contribution in [0.2, 0.25) is 0 Å². The van der Waals surface area contributed by atoms with Crippen LogP contribution in [0.5, 0.6) is 0 Å². The summed E-state index contributed by atoms with van der Waals surface area (Å²) in [5.74, 6) is 6.15. The van der Waals surface area contributed by atoms with Crippen LogP contribution < -0.4 is 5.23 Å². The van der Waals surface area contributed by atoms with Crippen LogP contribution in [0.25, 0.3) is 0 Å². The summed E-state index contributed by atoms with van der Waals surface area (Å²) in [6.07, 6.45) is 5.81. The quantitative estimate of drug-likeness (QED) is 0.481. The van der Waals surface area contributed by atoms with Gasteiger partial charge in [0.15, 0.2) is 0 Å². The Morgan fingerprint density at radius 2 is 1.69 bits per heavy atom. The minimum Gasteiger partial charge on any atom is -0.600 e. The topological polar surface area (TPSA) is 36.7 Å². The summed E-state index contributed by atoms with van der Waals surface area (Å²) in [6.45, 7) is 0.755. The molecule has 16 heavy (non-hydrogen) atoms. The molecule has 1 heterocycles. The van der Waals surface area contributed by atoms with Gasteiger partial charge in [-0.3, -0.25) is 0 Å². The number of quaternary nitrogens is 1. The molecule has 5 fully saturated rings. The molecule has 1 aliphatic heterocycles. The zero-order valence-electron chi connectivity index (χ0n) is 9.47. The fraction of sp³-hybridized carbons (Fsp3) is 1.00. The maximum Gasteiger partial charge on any atom is 0.126 e. The predicted molar refractivity (Wildman–Crippen MR) is 57.0 cm³/mol. The molecule has 5 rings (SSSR count). The molecule has 1 N–H and O–H groups in total. The van der Waals surface area contributed by atoms with Crippen molar-refractivity contribution >= 4 is 0 Å². The molecular formula is C13H19NO2. The zero-order valence-corrected chi connectivity index (χ0v) is 9.47. The lowest BCUT2D eigenvalue weighted by molar-refractivity contribution is -1.06. The number of rotatable bonds is 0. The van der Waals surface area contributed by atoms with Crippen LogP contribution in [0.3, 0.4) is 0 Å². The normalized spacial score (nSPS) is 69.9. The number of fused-ring (bicyclic) bond motifs is 12. The van der Waals surface area contributed by atoms with E-state index in [1.165, 1.54) is 25.7 Å². The van der Waals surface area contributed by atoms with Crippen LogP contribution in [0.15, 0.2) is 0 Å². The highest BCUT2D eigenvalue weighted by Crippen LogP contribution is 2.68. The van der Waals surface area contributed by atoms with Crippen molar-refractivity contribution < 1.29 is 10.1 Å². The van der Waals surface area contributed by atoms with Gasteiger partial charge >= 0.3 is 0 Å². The van der Waals surface area contributed by atoms with Crippen molar-refractivity contribution in [2.45, 2.75) is 31.7 Å². The van der Waals surface area contributed by atoms with Crippen molar-refractivity contribution in [2.24, 2.45) is 41.4 Å². The summed E-state index contributed by atoms with van der Waals surface area (Å²) in [5.41, 5.74) is 0. The van der Waals surface area contributed by atoms with Gasteiger partial charge in [-0.2, -0.15) is 0 Å². The molecule has 7 unspecified atom stereocenters. The van der Waals surface area contributed by atoms with Crippen molar-refractivity contribution in [2.75, 3.05) is 6.61 Å². The van der Waals surface area contributed by atoms with Crippen molar-refractivity contribution in [3.05, 3.63) is 5.21 Å². The molecule has 0 spiro atoms. The maximum absolute atomic E-state index is 11.8. The standard InChI is InChI=1S/C13H19NO2/c15-14-13-9-4-8(10(13)5-16-14)11-6-1-2-7(3-6)12(9)11/h6-14H,1-5H2/t6?,7?,8-,9?,10?,11?,12?,13+/m0/s1. The van der Waals surface area contributed by atoms with E-state index in [0.717, 1.165) is 42.1 Å². The van der Waals surface area contributed by atoms with Gasteiger partial charge in [0.25, 0.3) is 0 Å². The third-order valence-electron chi connectivity index (χ3n) is 6.74. The molecule has 0 aromatic rings. The average Bonchev–Trinajstić information content (AvgIpc) is 2.99. The maximum atomic E-state index is 11.8. The molecule has 4 bridgehead atoms. The number of nitrogens with one attached hydrogen (secondary N) is 1. The molecule has 0 amide bonds. The molecule has 0 aromatic carbocycles. The molecule has 0 radical (unpaired) electrons. The minimum atomic E-state index is 0.152. The second-order valence-corrected chi connectivity index (χ2v) is 6.87. The van der Waals surface area contributed by atoms with Crippen LogP contribution in [0.4, 0.5) is 0 Å². The highest BCUT2D eigenvalue weighted by molar-refractivity contribution is 5.14. The second-order valence-electron chi connectivity index (χ2n) is 6.87. The largest absolute Gasteiger partial charge is 0.600 e. The van der Waals surface area contributed by atoms with E-state index in [1.54, 1.807) is 0 Å². The Kier molecular flexibility index (Phi) is 1.47. The van der Waals surface area contributed by atoms with Gasteiger partial charge in [0.2, 0.25) is 0 Å². The summed E-state index contributed by atoms with van der Waals surface area (Å²) < 4.78 is 0. The number of hydrogen-bond donors (Lipinski definition) is 1. The summed E-state index contributed by atoms with van der Waals surface area (Å²) in [7, 11) is 0. The van der Waals surface area contributed by atoms with E-state index in [2.05, 4.69) is 0 Å². The van der Waals surface area contributed by atoms with E-state index < -0.39 is 0 Å². The van der Waals surface area contributed by atoms with E-state index in [0.29, 0.717) is 12.0 Å². The van der Waals surface area contributed by atoms with Crippen molar-refractivity contribution in [1.82, 2.24) is 0 Å². The van der Waals surface area contributed by atoms with E-state index in [1.807, 2.05) is 0 Å². The lowest BCUT2D eigenvalue weighted by atomic mass is 9.66. The van der Waals surface area contributed by atoms with Crippen LogP contribution in [-0.4, -0.2) is 12.6 Å². The Hall–Kier alpha value is -0.120. The van der Waals surface area contributed by atoms with Crippen LogP contribution in [0, 0.1) is 46.6 Å². The summed E-state index contributed by atoms with van der Waals surface area (Å²) >= 11 is 0. The van der Waals surface area contributed by atoms with Crippen molar-refractivity contribution in [3.63, 3.8) is 0 Å². The molecule has 4 aliphatic carbocycles. The first-order valence-corrected chi connectivity index (χ1v) is 7.01. The highest BCUT2D eigenvalue weighted by atomic mass is 16.9. The number of hydroxylamine groups is 2. The van der Waals surface area contributed by atoms with E-state index in [-0.39, 0.29) is 5.23 Å². The first-order valence-electron chi connectivity index (χ1n) is 7.01. The van der Waals surface area contributed by atoms with Gasteiger partial charge in [0.05, 0.1) is 0 Å². The highest BCUT2D eigenvalue weighted by Gasteiger charge is 2.69. The van der Waals surface area contributed by atoms with Gasteiger partial charge < -0.3 is 5.21 Å². The smallest absolute Gasteiger partial charge is 0.126 e. The lowest BCUT2D eigenvalue weighted by Gasteiger charge is -2.40. The lowest BCUT2D eigenvalue weighted by Crippen LogP contribution is -3.09. The fourth-order valence-corrected chi connectivity index (χ4v) is 6.56. The van der Waals surface area contributed by atoms with Crippen LogP contribution >= 0.6 is 0 Å². The molecule has 9 atom stereocenters. The molecule has 1 saturated heterocycles. The van der Waals surface area contributed by atoms with Crippen molar-refractivity contribution in [3.8, 4) is 0 Å². The molecule has 3 nitrogen and oxygen atoms in total. The fourth-order valence-electron chi connectivity index (χ4n) is 6.56. The molecule has 3 heteroatoms. The van der Waals surface area contributed by atoms with Gasteiger partial charge in [0, 0.05) is 11.8 Å². The third kappa shape index (κ3) is 0.793. The third-order valence-corrected chi connectivity index (χ3v) is 6.74. The van der Waals surface area contributed by atoms with E-state index in [4.69, 9.17) is 4.84 Å². The van der Waals surface area contributed by atoms with Gasteiger partial charge in [0.1, 0.15) is 12.6 Å². The van der Waals surface area contributed by atoms with Crippen LogP contribution in [0.1, 0.15) is 25.7 Å². The Bertz CT molecular complexity index is 347.